The Hall–Kier alpha value is -0.170. The van der Waals surface area contributed by atoms with Gasteiger partial charge in [0.2, 0.25) is 0 Å². The van der Waals surface area contributed by atoms with Gasteiger partial charge in [-0.3, -0.25) is 4.90 Å². The lowest BCUT2D eigenvalue weighted by Crippen LogP contribution is -2.47. The molecule has 3 heteroatoms. The molecule has 2 aliphatic heterocycles. The Morgan fingerprint density at radius 2 is 1.75 bits per heavy atom. The van der Waals surface area contributed by atoms with Crippen LogP contribution in [0.3, 0.4) is 0 Å². The predicted molar refractivity (Wildman–Crippen MR) is 71.8 cm³/mol. The smallest absolute Gasteiger partial charge is 0.0598 e. The molecule has 2 heterocycles. The zero-order chi connectivity index (χ0) is 11.2. The van der Waals surface area contributed by atoms with Crippen molar-refractivity contribution >= 4 is 11.8 Å². The van der Waals surface area contributed by atoms with Gasteiger partial charge in [-0.15, -0.1) is 6.42 Å². The maximum absolute atomic E-state index is 5.33. The summed E-state index contributed by atoms with van der Waals surface area (Å²) >= 11 is 2.10. The van der Waals surface area contributed by atoms with Crippen LogP contribution in [0.2, 0.25) is 0 Å². The first-order valence-electron chi connectivity index (χ1n) is 6.38. The van der Waals surface area contributed by atoms with Gasteiger partial charge in [0.05, 0.1) is 6.54 Å². The lowest BCUT2D eigenvalue weighted by atomic mass is 10.0. The number of hydrogen-bond donors (Lipinski definition) is 1. The first-order chi connectivity index (χ1) is 7.88. The van der Waals surface area contributed by atoms with E-state index in [1.165, 1.54) is 50.3 Å². The number of rotatable bonds is 3. The van der Waals surface area contributed by atoms with Crippen LogP contribution in [0.15, 0.2) is 0 Å². The molecule has 1 N–H and O–H groups in total. The van der Waals surface area contributed by atoms with Crippen LogP contribution in [0.1, 0.15) is 25.7 Å². The molecular formula is C13H22N2S. The molecule has 0 saturated carbocycles. The molecule has 2 rings (SSSR count). The van der Waals surface area contributed by atoms with Crippen molar-refractivity contribution in [2.75, 3.05) is 31.1 Å². The number of nitrogens with one attached hydrogen (secondary N) is 1. The molecule has 0 aromatic rings. The number of likely N-dealkylation sites (tertiary alicyclic amines) is 1. The lowest BCUT2D eigenvalue weighted by molar-refractivity contribution is 0.207. The largest absolute Gasteiger partial charge is 0.311 e. The standard InChI is InChI=1S/C13H22N2S/c1-2-7-15-8-3-12(4-9-15)14-13-5-10-16-11-6-13/h1,12-14H,3-11H2. The molecule has 2 fully saturated rings. The average Bonchev–Trinajstić information content (AvgIpc) is 2.33. The molecule has 0 bridgehead atoms. The van der Waals surface area contributed by atoms with Gasteiger partial charge in [0.25, 0.3) is 0 Å². The van der Waals surface area contributed by atoms with Crippen LogP contribution in [0.25, 0.3) is 0 Å². The minimum atomic E-state index is 0.738. The maximum Gasteiger partial charge on any atom is 0.0598 e. The molecule has 2 aliphatic rings. The van der Waals surface area contributed by atoms with Gasteiger partial charge in [0.1, 0.15) is 0 Å². The van der Waals surface area contributed by atoms with Crippen LogP contribution in [0.4, 0.5) is 0 Å². The Morgan fingerprint density at radius 1 is 1.12 bits per heavy atom. The van der Waals surface area contributed by atoms with E-state index in [4.69, 9.17) is 6.42 Å². The van der Waals surface area contributed by atoms with Crippen molar-refractivity contribution in [3.8, 4) is 12.3 Å². The van der Waals surface area contributed by atoms with Gasteiger partial charge in [-0.2, -0.15) is 11.8 Å². The van der Waals surface area contributed by atoms with Crippen LogP contribution < -0.4 is 5.32 Å². The van der Waals surface area contributed by atoms with E-state index in [1.807, 2.05) is 0 Å². The Labute approximate surface area is 104 Å². The molecule has 0 radical (unpaired) electrons. The molecule has 0 aromatic carbocycles. The summed E-state index contributed by atoms with van der Waals surface area (Å²) in [5.74, 6) is 5.42. The van der Waals surface area contributed by atoms with E-state index in [0.717, 1.165) is 18.6 Å². The highest BCUT2D eigenvalue weighted by atomic mass is 32.2. The highest BCUT2D eigenvalue weighted by Gasteiger charge is 2.22. The lowest BCUT2D eigenvalue weighted by Gasteiger charge is -2.34. The quantitative estimate of drug-likeness (QED) is 0.751. The fourth-order valence-electron chi connectivity index (χ4n) is 2.58. The fraction of sp³-hybridized carbons (Fsp3) is 0.846. The van der Waals surface area contributed by atoms with Crippen molar-refractivity contribution in [2.24, 2.45) is 0 Å². The topological polar surface area (TPSA) is 15.3 Å². The number of terminal acetylenes is 1. The second-order valence-electron chi connectivity index (χ2n) is 4.81. The molecule has 90 valence electrons. The summed E-state index contributed by atoms with van der Waals surface area (Å²) in [6.07, 6.45) is 10.6. The minimum Gasteiger partial charge on any atom is -0.311 e. The molecular weight excluding hydrogens is 216 g/mol. The van der Waals surface area contributed by atoms with Crippen molar-refractivity contribution in [3.05, 3.63) is 0 Å². The molecule has 0 unspecified atom stereocenters. The number of piperidine rings is 1. The van der Waals surface area contributed by atoms with E-state index < -0.39 is 0 Å². The van der Waals surface area contributed by atoms with Crippen molar-refractivity contribution < 1.29 is 0 Å². The Kier molecular flexibility index (Phi) is 5.02. The summed E-state index contributed by atoms with van der Waals surface area (Å²) < 4.78 is 0. The van der Waals surface area contributed by atoms with Crippen LogP contribution in [0.5, 0.6) is 0 Å². The van der Waals surface area contributed by atoms with Gasteiger partial charge >= 0.3 is 0 Å². The number of hydrogen-bond acceptors (Lipinski definition) is 3. The van der Waals surface area contributed by atoms with Crippen LogP contribution in [-0.4, -0.2) is 48.1 Å². The highest BCUT2D eigenvalue weighted by Crippen LogP contribution is 2.19. The molecule has 2 nitrogen and oxygen atoms in total. The summed E-state index contributed by atoms with van der Waals surface area (Å²) in [5.41, 5.74) is 0. The maximum atomic E-state index is 5.33. The molecule has 2 saturated heterocycles. The molecule has 0 aromatic heterocycles. The third kappa shape index (κ3) is 3.69. The van der Waals surface area contributed by atoms with Crippen molar-refractivity contribution in [1.82, 2.24) is 10.2 Å². The van der Waals surface area contributed by atoms with Gasteiger partial charge in [-0.05, 0) is 37.2 Å². The minimum absolute atomic E-state index is 0.738. The second kappa shape index (κ2) is 6.54. The van der Waals surface area contributed by atoms with E-state index in [9.17, 15) is 0 Å². The van der Waals surface area contributed by atoms with E-state index in [1.54, 1.807) is 0 Å². The highest BCUT2D eigenvalue weighted by molar-refractivity contribution is 7.99. The SMILES string of the molecule is C#CCN1CCC(NC2CCSCC2)CC1. The first-order valence-corrected chi connectivity index (χ1v) is 7.53. The van der Waals surface area contributed by atoms with Crippen LogP contribution in [-0.2, 0) is 0 Å². The molecule has 0 atom stereocenters. The molecule has 16 heavy (non-hydrogen) atoms. The monoisotopic (exact) mass is 238 g/mol. The molecule has 0 amide bonds. The third-order valence-corrected chi connectivity index (χ3v) is 4.64. The summed E-state index contributed by atoms with van der Waals surface area (Å²) in [6.45, 7) is 3.17. The summed E-state index contributed by atoms with van der Waals surface area (Å²) in [4.78, 5) is 2.38. The molecule has 0 spiro atoms. The third-order valence-electron chi connectivity index (χ3n) is 3.60. The summed E-state index contributed by atoms with van der Waals surface area (Å²) in [6, 6.07) is 1.52. The van der Waals surface area contributed by atoms with Gasteiger partial charge in [0.15, 0.2) is 0 Å². The Balaban J connectivity index is 1.66. The van der Waals surface area contributed by atoms with E-state index in [-0.39, 0.29) is 0 Å². The van der Waals surface area contributed by atoms with Crippen LogP contribution in [0, 0.1) is 12.3 Å². The van der Waals surface area contributed by atoms with Gasteiger partial charge in [-0.1, -0.05) is 5.92 Å². The van der Waals surface area contributed by atoms with E-state index in [2.05, 4.69) is 27.9 Å². The number of nitrogens with zero attached hydrogens (tertiary/aromatic N) is 1. The molecule has 0 aliphatic carbocycles. The Morgan fingerprint density at radius 3 is 2.38 bits per heavy atom. The van der Waals surface area contributed by atoms with Crippen molar-refractivity contribution in [3.63, 3.8) is 0 Å². The average molecular weight is 238 g/mol. The Bertz CT molecular complexity index is 235. The van der Waals surface area contributed by atoms with Gasteiger partial charge < -0.3 is 5.32 Å². The van der Waals surface area contributed by atoms with Gasteiger partial charge in [-0.25, -0.2) is 0 Å². The normalized spacial score (nSPS) is 25.4. The zero-order valence-electron chi connectivity index (χ0n) is 9.95. The summed E-state index contributed by atoms with van der Waals surface area (Å²) in [5, 5.41) is 3.83. The fourth-order valence-corrected chi connectivity index (χ4v) is 3.69. The first kappa shape index (κ1) is 12.3. The second-order valence-corrected chi connectivity index (χ2v) is 6.03. The van der Waals surface area contributed by atoms with Crippen molar-refractivity contribution in [2.45, 2.75) is 37.8 Å². The zero-order valence-corrected chi connectivity index (χ0v) is 10.8. The summed E-state index contributed by atoms with van der Waals surface area (Å²) in [7, 11) is 0. The number of thioether (sulfide) groups is 1. The van der Waals surface area contributed by atoms with Crippen molar-refractivity contribution in [1.29, 1.82) is 0 Å². The van der Waals surface area contributed by atoms with Crippen LogP contribution >= 0.6 is 11.8 Å². The predicted octanol–water partition coefficient (Wildman–Crippen LogP) is 1.57. The van der Waals surface area contributed by atoms with Gasteiger partial charge in [0, 0.05) is 25.2 Å². The van der Waals surface area contributed by atoms with E-state index >= 15 is 0 Å². The van der Waals surface area contributed by atoms with E-state index in [0.29, 0.717) is 0 Å².